The Morgan fingerprint density at radius 1 is 1.33 bits per heavy atom. The maximum atomic E-state index is 11.8. The van der Waals surface area contributed by atoms with Crippen molar-refractivity contribution in [3.63, 3.8) is 0 Å². The van der Waals surface area contributed by atoms with Crippen molar-refractivity contribution < 1.29 is 19.4 Å². The molecule has 0 heterocycles. The summed E-state index contributed by atoms with van der Waals surface area (Å²) in [6.07, 6.45) is 2.84. The molecule has 0 amide bonds. The van der Waals surface area contributed by atoms with Crippen LogP contribution in [0.1, 0.15) is 40.0 Å². The molecule has 3 atom stereocenters. The molecule has 0 aromatic heterocycles. The summed E-state index contributed by atoms with van der Waals surface area (Å²) in [5.41, 5.74) is -0.660. The molecule has 0 aliphatic carbocycles. The highest BCUT2D eigenvalue weighted by molar-refractivity contribution is 7.58. The molecule has 0 aromatic carbocycles. The highest BCUT2D eigenvalue weighted by Crippen LogP contribution is 2.49. The fraction of sp³-hybridized carbons (Fsp3) is 0.900. The van der Waals surface area contributed by atoms with Crippen molar-refractivity contribution in [2.75, 3.05) is 6.16 Å². The zero-order chi connectivity index (χ0) is 12.1. The summed E-state index contributed by atoms with van der Waals surface area (Å²) in [6.45, 7) is 5.05. The number of carboxylic acid groups (broad SMARTS) is 1. The van der Waals surface area contributed by atoms with E-state index in [4.69, 9.17) is 5.11 Å². The van der Waals surface area contributed by atoms with Crippen LogP contribution in [0.25, 0.3) is 0 Å². The van der Waals surface area contributed by atoms with Gasteiger partial charge in [0.1, 0.15) is 0 Å². The van der Waals surface area contributed by atoms with Crippen molar-refractivity contribution in [1.82, 2.24) is 0 Å². The first-order valence-electron chi connectivity index (χ1n) is 5.37. The van der Waals surface area contributed by atoms with Gasteiger partial charge in [-0.15, -0.1) is 0 Å². The van der Waals surface area contributed by atoms with Gasteiger partial charge in [-0.25, -0.2) is 0 Å². The van der Waals surface area contributed by atoms with E-state index in [0.29, 0.717) is 6.42 Å². The van der Waals surface area contributed by atoms with Crippen molar-refractivity contribution in [2.45, 2.75) is 45.7 Å². The van der Waals surface area contributed by atoms with Crippen molar-refractivity contribution in [2.24, 2.45) is 5.92 Å². The van der Waals surface area contributed by atoms with Crippen LogP contribution in [0.15, 0.2) is 0 Å². The smallest absolute Gasteiger partial charge is 0.307 e. The molecule has 0 radical (unpaired) electrons. The van der Waals surface area contributed by atoms with Gasteiger partial charge in [0, 0.05) is 11.8 Å². The fourth-order valence-corrected chi connectivity index (χ4v) is 3.26. The topological polar surface area (TPSA) is 74.6 Å². The van der Waals surface area contributed by atoms with Crippen molar-refractivity contribution in [3.8, 4) is 0 Å². The normalized spacial score (nSPS) is 19.2. The number of aliphatic carboxylic acids is 1. The van der Waals surface area contributed by atoms with Gasteiger partial charge in [-0.1, -0.05) is 33.6 Å². The van der Waals surface area contributed by atoms with E-state index >= 15 is 0 Å². The van der Waals surface area contributed by atoms with Crippen molar-refractivity contribution in [1.29, 1.82) is 0 Å². The van der Waals surface area contributed by atoms with Gasteiger partial charge in [-0.2, -0.15) is 0 Å². The maximum absolute atomic E-state index is 11.8. The monoisotopic (exact) mass is 236 g/mol. The van der Waals surface area contributed by atoms with Crippen molar-refractivity contribution in [3.05, 3.63) is 0 Å². The van der Waals surface area contributed by atoms with Crippen LogP contribution in [-0.4, -0.2) is 27.8 Å². The summed E-state index contributed by atoms with van der Waals surface area (Å²) in [5.74, 6) is -1.77. The lowest BCUT2D eigenvalue weighted by atomic mass is 10.1. The summed E-state index contributed by atoms with van der Waals surface area (Å²) in [5, 5.41) is 8.76. The largest absolute Gasteiger partial charge is 0.481 e. The van der Waals surface area contributed by atoms with Crippen LogP contribution >= 0.6 is 7.37 Å². The maximum Gasteiger partial charge on any atom is 0.307 e. The SMILES string of the molecule is CCCCCP(=O)(O)C(C)C(C)C(=O)O. The van der Waals surface area contributed by atoms with E-state index in [1.54, 1.807) is 6.92 Å². The van der Waals surface area contributed by atoms with E-state index in [0.717, 1.165) is 12.8 Å². The number of carboxylic acids is 1. The zero-order valence-corrected chi connectivity index (χ0v) is 10.5. The minimum absolute atomic E-state index is 0.236. The summed E-state index contributed by atoms with van der Waals surface area (Å²) in [4.78, 5) is 20.4. The van der Waals surface area contributed by atoms with Gasteiger partial charge in [-0.3, -0.25) is 9.36 Å². The molecule has 0 spiro atoms. The molecule has 2 N–H and O–H groups in total. The average molecular weight is 236 g/mol. The minimum Gasteiger partial charge on any atom is -0.481 e. The standard InChI is InChI=1S/C10H21O4P/c1-4-5-6-7-15(13,14)9(3)8(2)10(11)12/h8-9H,4-7H2,1-3H3,(H,11,12)(H,13,14). The quantitative estimate of drug-likeness (QED) is 0.526. The summed E-state index contributed by atoms with van der Waals surface area (Å²) < 4.78 is 11.8. The van der Waals surface area contributed by atoms with Crippen LogP contribution in [0.4, 0.5) is 0 Å². The number of rotatable bonds is 7. The lowest BCUT2D eigenvalue weighted by Crippen LogP contribution is -2.23. The fourth-order valence-electron chi connectivity index (χ4n) is 1.35. The van der Waals surface area contributed by atoms with Gasteiger partial charge in [0.15, 0.2) is 0 Å². The molecule has 4 nitrogen and oxygen atoms in total. The second kappa shape index (κ2) is 6.29. The molecule has 0 saturated heterocycles. The molecule has 0 bridgehead atoms. The molecule has 15 heavy (non-hydrogen) atoms. The molecule has 0 aromatic rings. The van der Waals surface area contributed by atoms with E-state index < -0.39 is 24.9 Å². The first kappa shape index (κ1) is 14.7. The first-order chi connectivity index (χ1) is 6.83. The predicted molar refractivity (Wildman–Crippen MR) is 60.5 cm³/mol. The molecule has 0 aliphatic heterocycles. The average Bonchev–Trinajstić information content (AvgIpc) is 2.15. The van der Waals surface area contributed by atoms with Crippen molar-refractivity contribution >= 4 is 13.3 Å². The Morgan fingerprint density at radius 3 is 2.27 bits per heavy atom. The molecule has 0 rings (SSSR count). The highest BCUT2D eigenvalue weighted by Gasteiger charge is 2.34. The second-order valence-corrected chi connectivity index (χ2v) is 6.83. The van der Waals surface area contributed by atoms with Crippen LogP contribution < -0.4 is 0 Å². The Morgan fingerprint density at radius 2 is 1.87 bits per heavy atom. The minimum atomic E-state index is -3.30. The molecule has 0 fully saturated rings. The molecule has 0 saturated carbocycles. The third-order valence-electron chi connectivity index (χ3n) is 2.83. The van der Waals surface area contributed by atoms with Gasteiger partial charge in [0.05, 0.1) is 5.92 Å². The summed E-state index contributed by atoms with van der Waals surface area (Å²) in [6, 6.07) is 0. The summed E-state index contributed by atoms with van der Waals surface area (Å²) >= 11 is 0. The number of carbonyl (C=O) groups is 1. The Bertz CT molecular complexity index is 252. The van der Waals surface area contributed by atoms with Crippen LogP contribution in [0, 0.1) is 5.92 Å². The predicted octanol–water partition coefficient (Wildman–Crippen LogP) is 2.56. The van der Waals surface area contributed by atoms with Crippen LogP contribution in [0.5, 0.6) is 0 Å². The van der Waals surface area contributed by atoms with Gasteiger partial charge < -0.3 is 10.00 Å². The van der Waals surface area contributed by atoms with Crippen LogP contribution in [-0.2, 0) is 9.36 Å². The summed E-state index contributed by atoms with van der Waals surface area (Å²) in [7, 11) is -3.30. The van der Waals surface area contributed by atoms with Crippen LogP contribution in [0.3, 0.4) is 0 Å². The van der Waals surface area contributed by atoms with Gasteiger partial charge in [0.2, 0.25) is 7.37 Å². The molecular formula is C10H21O4P. The molecule has 0 aliphatic rings. The number of unbranched alkanes of at least 4 members (excludes halogenated alkanes) is 2. The van der Waals surface area contributed by atoms with Gasteiger partial charge in [-0.05, 0) is 6.42 Å². The van der Waals surface area contributed by atoms with E-state index in [2.05, 4.69) is 0 Å². The zero-order valence-electron chi connectivity index (χ0n) is 9.64. The number of hydrogen-bond donors (Lipinski definition) is 2. The van der Waals surface area contributed by atoms with E-state index in [1.807, 2.05) is 6.92 Å². The molecule has 90 valence electrons. The van der Waals surface area contributed by atoms with Crippen LogP contribution in [0.2, 0.25) is 0 Å². The third kappa shape index (κ3) is 4.80. The molecule has 5 heteroatoms. The molecule has 3 unspecified atom stereocenters. The van der Waals surface area contributed by atoms with E-state index in [1.165, 1.54) is 6.92 Å². The second-order valence-electron chi connectivity index (χ2n) is 4.05. The lowest BCUT2D eigenvalue weighted by Gasteiger charge is -2.22. The van der Waals surface area contributed by atoms with Gasteiger partial charge >= 0.3 is 5.97 Å². The Labute approximate surface area is 91.1 Å². The molecular weight excluding hydrogens is 215 g/mol. The van der Waals surface area contributed by atoms with E-state index in [9.17, 15) is 14.3 Å². The highest BCUT2D eigenvalue weighted by atomic mass is 31.2. The lowest BCUT2D eigenvalue weighted by molar-refractivity contribution is -0.141. The van der Waals surface area contributed by atoms with Gasteiger partial charge in [0.25, 0.3) is 0 Å². The Kier molecular flexibility index (Phi) is 6.15. The third-order valence-corrected chi connectivity index (χ3v) is 5.51. The van der Waals surface area contributed by atoms with E-state index in [-0.39, 0.29) is 6.16 Å². The number of hydrogen-bond acceptors (Lipinski definition) is 2. The Hall–Kier alpha value is -0.340. The first-order valence-corrected chi connectivity index (χ1v) is 7.28. The Balaban J connectivity index is 4.31.